The summed E-state index contributed by atoms with van der Waals surface area (Å²) in [6.45, 7) is 6.12. The van der Waals surface area contributed by atoms with E-state index in [9.17, 15) is 13.0 Å². The van der Waals surface area contributed by atoms with Crippen molar-refractivity contribution < 1.29 is 22.1 Å². The molecule has 1 heterocycles. The Labute approximate surface area is 83.3 Å². The summed E-state index contributed by atoms with van der Waals surface area (Å²) in [5, 5.41) is 0. The molecule has 1 aromatic heterocycles. The fraction of sp³-hybridized carbons (Fsp3) is 0.571. The summed E-state index contributed by atoms with van der Waals surface area (Å²) in [6.07, 6.45) is 0. The summed E-state index contributed by atoms with van der Waals surface area (Å²) in [5.74, 6) is 1.13. The van der Waals surface area contributed by atoms with Gasteiger partial charge in [-0.15, -0.1) is 0 Å². The first kappa shape index (κ1) is 13.1. The molecule has 0 bridgehead atoms. The van der Waals surface area contributed by atoms with Gasteiger partial charge in [0.25, 0.3) is 0 Å². The predicted molar refractivity (Wildman–Crippen MR) is 48.3 cm³/mol. The van der Waals surface area contributed by atoms with Crippen LogP contribution in [0.3, 0.4) is 0 Å². The number of hydrogen-bond donors (Lipinski definition) is 1. The maximum absolute atomic E-state index is 9.22. The quantitative estimate of drug-likeness (QED) is 0.527. The summed E-state index contributed by atoms with van der Waals surface area (Å²) in [7, 11) is -3.60. The second kappa shape index (κ2) is 5.08. The van der Waals surface area contributed by atoms with Gasteiger partial charge in [0.05, 0.1) is 7.11 Å². The minimum atomic E-state index is -4.41. The van der Waals surface area contributed by atoms with Gasteiger partial charge in [0.2, 0.25) is 16.2 Å². The fourth-order valence-electron chi connectivity index (χ4n) is 0.781. The highest BCUT2D eigenvalue weighted by Gasteiger charge is 2.02. The average Bonchev–Trinajstić information content (AvgIpc) is 2.29. The minimum absolute atomic E-state index is 0.808. The summed E-state index contributed by atoms with van der Waals surface area (Å²) in [5.41, 5.74) is 2.45. The lowest BCUT2D eigenvalue weighted by Gasteiger charge is -1.98. The molecule has 14 heavy (non-hydrogen) atoms. The van der Waals surface area contributed by atoms with Crippen molar-refractivity contribution in [3.8, 4) is 0 Å². The van der Waals surface area contributed by atoms with Crippen LogP contribution in [0.2, 0.25) is 0 Å². The van der Waals surface area contributed by atoms with Crippen LogP contribution < -0.4 is 4.98 Å². The van der Waals surface area contributed by atoms with Crippen LogP contribution in [0.25, 0.3) is 0 Å². The number of hydrogen-bond acceptors (Lipinski definition) is 4. The molecule has 0 saturated heterocycles. The molecule has 0 atom stereocenters. The molecule has 2 N–H and O–H groups in total. The Kier molecular flexibility index (Phi) is 4.75. The van der Waals surface area contributed by atoms with E-state index in [1.54, 1.807) is 0 Å². The first-order chi connectivity index (χ1) is 6.26. The van der Waals surface area contributed by atoms with E-state index in [1.807, 2.05) is 6.92 Å². The topological polar surface area (TPSA) is 96.4 Å². The Hall–Kier alpha value is -0.920. The first-order valence-electron chi connectivity index (χ1n) is 3.82. The van der Waals surface area contributed by atoms with E-state index in [-0.39, 0.29) is 0 Å². The van der Waals surface area contributed by atoms with E-state index in [0.29, 0.717) is 0 Å². The second-order valence-corrected chi connectivity index (χ2v) is 3.85. The van der Waals surface area contributed by atoms with Gasteiger partial charge in [-0.25, -0.2) is 18.4 Å². The normalized spacial score (nSPS) is 10.6. The van der Waals surface area contributed by atoms with Gasteiger partial charge in [-0.05, 0) is 0 Å². The zero-order chi connectivity index (χ0) is 11.4. The molecule has 0 aliphatic carbocycles. The van der Waals surface area contributed by atoms with E-state index in [4.69, 9.17) is 0 Å². The highest BCUT2D eigenvalue weighted by atomic mass is 32.3. The third-order valence-electron chi connectivity index (χ3n) is 1.52. The Morgan fingerprint density at radius 2 is 1.79 bits per heavy atom. The monoisotopic (exact) mass is 222 g/mol. The van der Waals surface area contributed by atoms with Gasteiger partial charge in [-0.2, -0.15) is 0 Å². The SMILES string of the molecule is COS(=O)(=O)[O-].Cc1[nH]c(C)c(C)[nH+]1. The van der Waals surface area contributed by atoms with Crippen molar-refractivity contribution in [1.82, 2.24) is 4.98 Å². The van der Waals surface area contributed by atoms with Crippen LogP contribution in [0.4, 0.5) is 0 Å². The van der Waals surface area contributed by atoms with Crippen molar-refractivity contribution in [1.29, 1.82) is 0 Å². The molecular weight excluding hydrogens is 208 g/mol. The van der Waals surface area contributed by atoms with Crippen molar-refractivity contribution >= 4 is 10.4 Å². The van der Waals surface area contributed by atoms with Crippen molar-refractivity contribution in [2.45, 2.75) is 20.8 Å². The summed E-state index contributed by atoms with van der Waals surface area (Å²) in [6, 6.07) is 0. The van der Waals surface area contributed by atoms with Crippen LogP contribution in [-0.4, -0.2) is 25.1 Å². The Morgan fingerprint density at radius 3 is 1.86 bits per heavy atom. The molecule has 0 aliphatic heterocycles. The van der Waals surface area contributed by atoms with Gasteiger partial charge in [-0.3, -0.25) is 4.18 Å². The third-order valence-corrected chi connectivity index (χ3v) is 1.92. The van der Waals surface area contributed by atoms with Gasteiger partial charge < -0.3 is 4.55 Å². The molecule has 7 heteroatoms. The zero-order valence-electron chi connectivity index (χ0n) is 8.54. The molecule has 0 saturated carbocycles. The van der Waals surface area contributed by atoms with Gasteiger partial charge in [0, 0.05) is 20.8 Å². The molecule has 0 radical (unpaired) electrons. The smallest absolute Gasteiger partial charge is 0.249 e. The summed E-state index contributed by atoms with van der Waals surface area (Å²) < 4.78 is 31.0. The third kappa shape index (κ3) is 5.68. The number of aromatic nitrogens is 2. The summed E-state index contributed by atoms with van der Waals surface area (Å²) >= 11 is 0. The van der Waals surface area contributed by atoms with E-state index >= 15 is 0 Å². The minimum Gasteiger partial charge on any atom is -0.726 e. The Morgan fingerprint density at radius 1 is 1.36 bits per heavy atom. The van der Waals surface area contributed by atoms with Crippen LogP contribution in [-0.2, 0) is 14.6 Å². The van der Waals surface area contributed by atoms with Crippen LogP contribution in [0.5, 0.6) is 0 Å². The lowest BCUT2D eigenvalue weighted by Crippen LogP contribution is -2.04. The lowest BCUT2D eigenvalue weighted by atomic mass is 10.4. The highest BCUT2D eigenvalue weighted by Crippen LogP contribution is 1.94. The van der Waals surface area contributed by atoms with E-state index in [2.05, 4.69) is 28.0 Å². The molecule has 0 amide bonds. The second-order valence-electron chi connectivity index (χ2n) is 2.70. The molecule has 0 aliphatic rings. The molecule has 0 fully saturated rings. The van der Waals surface area contributed by atoms with Gasteiger partial charge in [0.15, 0.2) is 0 Å². The zero-order valence-corrected chi connectivity index (χ0v) is 9.36. The first-order valence-corrected chi connectivity index (χ1v) is 5.16. The number of aryl methyl sites for hydroxylation is 3. The maximum Gasteiger partial charge on any atom is 0.249 e. The largest absolute Gasteiger partial charge is 0.726 e. The predicted octanol–water partition coefficient (Wildman–Crippen LogP) is -0.153. The number of aromatic amines is 2. The molecule has 1 rings (SSSR count). The van der Waals surface area contributed by atoms with E-state index in [0.717, 1.165) is 12.9 Å². The van der Waals surface area contributed by atoms with Crippen LogP contribution in [0.1, 0.15) is 17.2 Å². The van der Waals surface area contributed by atoms with Gasteiger partial charge in [0.1, 0.15) is 11.4 Å². The summed E-state index contributed by atoms with van der Waals surface area (Å²) in [4.78, 5) is 6.30. The number of nitrogens with one attached hydrogen (secondary N) is 2. The van der Waals surface area contributed by atoms with Gasteiger partial charge >= 0.3 is 0 Å². The average molecular weight is 222 g/mol. The molecular formula is C7H14N2O4S. The van der Waals surface area contributed by atoms with Crippen LogP contribution in [0, 0.1) is 20.8 Å². The standard InChI is InChI=1S/C6H10N2.CH4O4S/c1-4-5(2)8-6(3)7-4;1-5-6(2,3)4/h1-3H3,(H,7,8);1H3,(H,2,3,4). The van der Waals surface area contributed by atoms with Crippen molar-refractivity contribution in [3.05, 3.63) is 17.2 Å². The van der Waals surface area contributed by atoms with E-state index < -0.39 is 10.4 Å². The van der Waals surface area contributed by atoms with Crippen molar-refractivity contribution in [2.75, 3.05) is 7.11 Å². The van der Waals surface area contributed by atoms with Crippen molar-refractivity contribution in [2.24, 2.45) is 0 Å². The molecule has 0 aromatic carbocycles. The van der Waals surface area contributed by atoms with Crippen LogP contribution >= 0.6 is 0 Å². The molecule has 6 nitrogen and oxygen atoms in total. The number of imidazole rings is 1. The molecule has 0 spiro atoms. The molecule has 0 unspecified atom stereocenters. The Balaban J connectivity index is 0.000000255. The highest BCUT2D eigenvalue weighted by molar-refractivity contribution is 7.80. The van der Waals surface area contributed by atoms with E-state index in [1.165, 1.54) is 11.4 Å². The molecule has 82 valence electrons. The Bertz CT molecular complexity index is 363. The number of rotatable bonds is 1. The van der Waals surface area contributed by atoms with Crippen LogP contribution in [0.15, 0.2) is 0 Å². The van der Waals surface area contributed by atoms with Crippen molar-refractivity contribution in [3.63, 3.8) is 0 Å². The number of H-pyrrole nitrogens is 2. The maximum atomic E-state index is 9.22. The lowest BCUT2D eigenvalue weighted by molar-refractivity contribution is -0.394. The van der Waals surface area contributed by atoms with Gasteiger partial charge in [-0.1, -0.05) is 0 Å². The molecule has 1 aromatic rings. The fourth-order valence-corrected chi connectivity index (χ4v) is 0.781.